The van der Waals surface area contributed by atoms with E-state index < -0.39 is 0 Å². The Hall–Kier alpha value is -3.82. The second-order valence-corrected chi connectivity index (χ2v) is 10.0. The summed E-state index contributed by atoms with van der Waals surface area (Å²) in [6.45, 7) is 3.81. The Morgan fingerprint density at radius 1 is 0.921 bits per heavy atom. The highest BCUT2D eigenvalue weighted by molar-refractivity contribution is 5.72. The van der Waals surface area contributed by atoms with Crippen molar-refractivity contribution in [2.24, 2.45) is 0 Å². The molecular weight excluding hydrogens is 480 g/mol. The van der Waals surface area contributed by atoms with Crippen molar-refractivity contribution in [3.8, 4) is 22.8 Å². The molecule has 0 saturated carbocycles. The first-order valence-electron chi connectivity index (χ1n) is 13.2. The number of ether oxygens (including phenoxy) is 2. The number of anilines is 3. The molecule has 1 atom stereocenters. The van der Waals surface area contributed by atoms with E-state index in [0.29, 0.717) is 12.0 Å². The number of hydrogen-bond donors (Lipinski definition) is 2. The third-order valence-corrected chi connectivity index (χ3v) is 7.75. The summed E-state index contributed by atoms with van der Waals surface area (Å²) in [5, 5.41) is 18.0. The van der Waals surface area contributed by atoms with Crippen molar-refractivity contribution in [2.75, 3.05) is 50.6 Å². The van der Waals surface area contributed by atoms with Gasteiger partial charge in [-0.25, -0.2) is 9.50 Å². The number of piperidine rings is 1. The number of benzene rings is 2. The third kappa shape index (κ3) is 4.75. The van der Waals surface area contributed by atoms with Crippen LogP contribution in [0, 0.1) is 0 Å². The van der Waals surface area contributed by atoms with Crippen LogP contribution in [-0.2, 0) is 0 Å². The molecule has 0 aliphatic carbocycles. The lowest BCUT2D eigenvalue weighted by Gasteiger charge is -2.38. The average molecular weight is 515 g/mol. The van der Waals surface area contributed by atoms with Crippen LogP contribution in [0.4, 0.5) is 17.3 Å². The van der Waals surface area contributed by atoms with Crippen LogP contribution in [0.2, 0.25) is 0 Å². The first-order chi connectivity index (χ1) is 18.6. The van der Waals surface area contributed by atoms with Crippen LogP contribution in [0.15, 0.2) is 60.8 Å². The number of β-amino-alcohol motifs (C(OH)–C–C–N with tert-alkyl or cyclic N) is 1. The normalized spacial score (nSPS) is 18.7. The van der Waals surface area contributed by atoms with Crippen molar-refractivity contribution in [1.29, 1.82) is 0 Å². The Kier molecular flexibility index (Phi) is 6.78. The van der Waals surface area contributed by atoms with Crippen LogP contribution in [0.25, 0.3) is 16.8 Å². The molecule has 2 aliphatic rings. The number of nitrogens with one attached hydrogen (secondary N) is 1. The smallest absolute Gasteiger partial charge is 0.245 e. The topological polar surface area (TPSA) is 87.4 Å². The zero-order chi connectivity index (χ0) is 26.1. The lowest BCUT2D eigenvalue weighted by molar-refractivity contribution is 0.148. The number of fused-ring (bicyclic) bond motifs is 1. The van der Waals surface area contributed by atoms with Gasteiger partial charge in [0, 0.05) is 49.5 Å². The van der Waals surface area contributed by atoms with Crippen molar-refractivity contribution >= 4 is 22.8 Å². The summed E-state index contributed by atoms with van der Waals surface area (Å²) in [6, 6.07) is 18.7. The minimum absolute atomic E-state index is 0.160. The number of rotatable bonds is 7. The SMILES string of the molecule is COc1cc(N2CCC(N3CC[C@@H](O)C3)CC2)ccc1Nc1ncc2ccc(-c3ccccc3OC)n2n1. The molecule has 6 rings (SSSR count). The van der Waals surface area contributed by atoms with Crippen LogP contribution >= 0.6 is 0 Å². The third-order valence-electron chi connectivity index (χ3n) is 7.75. The number of methoxy groups -OCH3 is 2. The Labute approximate surface area is 222 Å². The fourth-order valence-corrected chi connectivity index (χ4v) is 5.71. The van der Waals surface area contributed by atoms with E-state index in [4.69, 9.17) is 14.6 Å². The highest BCUT2D eigenvalue weighted by Gasteiger charge is 2.30. The molecule has 2 saturated heterocycles. The van der Waals surface area contributed by atoms with Crippen molar-refractivity contribution in [1.82, 2.24) is 19.5 Å². The summed E-state index contributed by atoms with van der Waals surface area (Å²) in [5.74, 6) is 2.01. The predicted octanol–water partition coefficient (Wildman–Crippen LogP) is 4.19. The van der Waals surface area contributed by atoms with Crippen molar-refractivity contribution in [3.05, 3.63) is 60.8 Å². The Morgan fingerprint density at radius 2 is 1.74 bits per heavy atom. The number of likely N-dealkylation sites (tertiary alicyclic amines) is 1. The molecule has 0 unspecified atom stereocenters. The van der Waals surface area contributed by atoms with Gasteiger partial charge in [0.1, 0.15) is 11.5 Å². The highest BCUT2D eigenvalue weighted by Crippen LogP contribution is 2.34. The van der Waals surface area contributed by atoms with Crippen LogP contribution in [-0.4, -0.2) is 77.1 Å². The van der Waals surface area contributed by atoms with Crippen molar-refractivity contribution < 1.29 is 14.6 Å². The van der Waals surface area contributed by atoms with E-state index in [0.717, 1.165) is 85.1 Å². The van der Waals surface area contributed by atoms with Gasteiger partial charge in [0.25, 0.3) is 0 Å². The van der Waals surface area contributed by atoms with Gasteiger partial charge in [0.05, 0.1) is 43.4 Å². The van der Waals surface area contributed by atoms with Gasteiger partial charge in [0.15, 0.2) is 0 Å². The maximum Gasteiger partial charge on any atom is 0.245 e. The molecule has 0 bridgehead atoms. The van der Waals surface area contributed by atoms with E-state index in [1.165, 1.54) is 0 Å². The largest absolute Gasteiger partial charge is 0.496 e. The van der Waals surface area contributed by atoms with E-state index in [9.17, 15) is 5.11 Å². The Bertz CT molecular complexity index is 1410. The molecular formula is C29H34N6O3. The summed E-state index contributed by atoms with van der Waals surface area (Å²) in [7, 11) is 3.36. The molecule has 0 amide bonds. The summed E-state index contributed by atoms with van der Waals surface area (Å²) in [6.07, 6.45) is 4.75. The molecule has 2 aromatic carbocycles. The van der Waals surface area contributed by atoms with Crippen LogP contribution in [0.1, 0.15) is 19.3 Å². The van der Waals surface area contributed by atoms with Gasteiger partial charge < -0.3 is 24.8 Å². The predicted molar refractivity (Wildman–Crippen MR) is 149 cm³/mol. The molecule has 4 aromatic rings. The van der Waals surface area contributed by atoms with E-state index in [2.05, 4.69) is 32.2 Å². The summed E-state index contributed by atoms with van der Waals surface area (Å²) < 4.78 is 13.2. The molecule has 198 valence electrons. The average Bonchev–Trinajstić information content (AvgIpc) is 3.59. The minimum Gasteiger partial charge on any atom is -0.496 e. The zero-order valence-electron chi connectivity index (χ0n) is 21.9. The fourth-order valence-electron chi connectivity index (χ4n) is 5.71. The fraction of sp³-hybridized carbons (Fsp3) is 0.379. The number of hydrogen-bond acceptors (Lipinski definition) is 8. The molecule has 2 fully saturated rings. The standard InChI is InChI=1S/C29H34N6O3/c1-37-27-6-4-3-5-24(27)26-10-8-22-18-30-29(32-35(22)26)31-25-9-7-21(17-28(25)38-2)33-14-11-20(12-15-33)34-16-13-23(36)19-34/h3-10,17-18,20,23,36H,11-16,19H2,1-2H3,(H,31,32)/t23-/m1/s1. The van der Waals surface area contributed by atoms with Crippen LogP contribution in [0.3, 0.4) is 0 Å². The number of aliphatic hydroxyl groups is 1. The zero-order valence-corrected chi connectivity index (χ0v) is 21.9. The lowest BCUT2D eigenvalue weighted by Crippen LogP contribution is -2.44. The van der Waals surface area contributed by atoms with E-state index in [1.54, 1.807) is 20.4 Å². The van der Waals surface area contributed by atoms with Gasteiger partial charge in [-0.1, -0.05) is 12.1 Å². The Balaban J connectivity index is 1.19. The monoisotopic (exact) mass is 514 g/mol. The summed E-state index contributed by atoms with van der Waals surface area (Å²) >= 11 is 0. The van der Waals surface area contributed by atoms with Crippen molar-refractivity contribution in [3.63, 3.8) is 0 Å². The van der Waals surface area contributed by atoms with Gasteiger partial charge in [-0.3, -0.25) is 4.90 Å². The van der Waals surface area contributed by atoms with E-state index >= 15 is 0 Å². The number of para-hydroxylation sites is 1. The Morgan fingerprint density at radius 3 is 2.50 bits per heavy atom. The van der Waals surface area contributed by atoms with Gasteiger partial charge in [0.2, 0.25) is 5.95 Å². The highest BCUT2D eigenvalue weighted by atomic mass is 16.5. The van der Waals surface area contributed by atoms with Gasteiger partial charge >= 0.3 is 0 Å². The number of aromatic nitrogens is 3. The quantitative estimate of drug-likeness (QED) is 0.380. The first-order valence-corrected chi connectivity index (χ1v) is 13.2. The van der Waals surface area contributed by atoms with Crippen LogP contribution < -0.4 is 19.7 Å². The molecule has 2 N–H and O–H groups in total. The molecule has 38 heavy (non-hydrogen) atoms. The maximum absolute atomic E-state index is 9.89. The second kappa shape index (κ2) is 10.5. The molecule has 0 radical (unpaired) electrons. The van der Waals surface area contributed by atoms with E-state index in [1.807, 2.05) is 47.0 Å². The first kappa shape index (κ1) is 24.5. The number of aliphatic hydroxyl groups excluding tert-OH is 1. The lowest BCUT2D eigenvalue weighted by atomic mass is 10.0. The summed E-state index contributed by atoms with van der Waals surface area (Å²) in [4.78, 5) is 9.40. The molecule has 4 heterocycles. The van der Waals surface area contributed by atoms with Gasteiger partial charge in [-0.15, -0.1) is 5.10 Å². The molecule has 9 heteroatoms. The number of nitrogens with zero attached hydrogens (tertiary/aromatic N) is 5. The van der Waals surface area contributed by atoms with Crippen molar-refractivity contribution in [2.45, 2.75) is 31.4 Å². The molecule has 9 nitrogen and oxygen atoms in total. The summed E-state index contributed by atoms with van der Waals surface area (Å²) in [5.41, 5.74) is 4.74. The second-order valence-electron chi connectivity index (χ2n) is 10.0. The van der Waals surface area contributed by atoms with Crippen LogP contribution in [0.5, 0.6) is 11.5 Å². The van der Waals surface area contributed by atoms with Gasteiger partial charge in [-0.2, -0.15) is 0 Å². The molecule has 0 spiro atoms. The minimum atomic E-state index is -0.160. The molecule has 2 aromatic heterocycles. The van der Waals surface area contributed by atoms with Gasteiger partial charge in [-0.05, 0) is 55.7 Å². The maximum atomic E-state index is 9.89. The van der Waals surface area contributed by atoms with E-state index in [-0.39, 0.29) is 6.10 Å². The molecule has 2 aliphatic heterocycles.